The predicted octanol–water partition coefficient (Wildman–Crippen LogP) is 3.75. The topological polar surface area (TPSA) is 81.7 Å². The highest BCUT2D eigenvalue weighted by Gasteiger charge is 2.15. The third-order valence-corrected chi connectivity index (χ3v) is 4.89. The van der Waals surface area contributed by atoms with Crippen LogP contribution in [0.2, 0.25) is 0 Å². The second-order valence-corrected chi connectivity index (χ2v) is 7.05. The van der Waals surface area contributed by atoms with Crippen LogP contribution in [0.3, 0.4) is 0 Å². The average Bonchev–Trinajstić information content (AvgIpc) is 2.66. The Kier molecular flexibility index (Phi) is 8.07. The summed E-state index contributed by atoms with van der Waals surface area (Å²) < 4.78 is 9.98. The number of hydrogen-bond donors (Lipinski definition) is 1. The van der Waals surface area contributed by atoms with Crippen LogP contribution in [-0.2, 0) is 19.1 Å². The van der Waals surface area contributed by atoms with Crippen molar-refractivity contribution in [2.75, 3.05) is 24.3 Å². The fourth-order valence-electron chi connectivity index (χ4n) is 2.45. The van der Waals surface area contributed by atoms with E-state index in [-0.39, 0.29) is 17.9 Å². The molecule has 0 aliphatic carbocycles. The van der Waals surface area contributed by atoms with Gasteiger partial charge in [-0.2, -0.15) is 0 Å². The Morgan fingerprint density at radius 3 is 2.50 bits per heavy atom. The Bertz CT molecular complexity index is 866. The molecule has 0 unspecified atom stereocenters. The highest BCUT2D eigenvalue weighted by atomic mass is 32.2. The quantitative estimate of drug-likeness (QED) is 0.536. The molecule has 2 aromatic carbocycles. The van der Waals surface area contributed by atoms with E-state index < -0.39 is 24.5 Å². The maximum atomic E-state index is 12.1. The summed E-state index contributed by atoms with van der Waals surface area (Å²) in [5.74, 6) is -1.43. The summed E-state index contributed by atoms with van der Waals surface area (Å²) in [5, 5.41) is 2.57. The largest absolute Gasteiger partial charge is 0.462 e. The predicted molar refractivity (Wildman–Crippen MR) is 109 cm³/mol. The van der Waals surface area contributed by atoms with Crippen LogP contribution >= 0.6 is 11.8 Å². The van der Waals surface area contributed by atoms with Crippen LogP contribution in [0.1, 0.15) is 28.4 Å². The minimum absolute atomic E-state index is 0.108. The van der Waals surface area contributed by atoms with E-state index in [1.165, 1.54) is 11.8 Å². The van der Waals surface area contributed by atoms with Crippen LogP contribution in [-0.4, -0.2) is 36.8 Å². The molecule has 0 radical (unpaired) electrons. The van der Waals surface area contributed by atoms with Gasteiger partial charge in [-0.15, -0.1) is 11.8 Å². The van der Waals surface area contributed by atoms with Gasteiger partial charge >= 0.3 is 11.9 Å². The number of aryl methyl sites for hydroxylation is 2. The molecular weight excluding hydrogens is 378 g/mol. The van der Waals surface area contributed by atoms with Crippen LogP contribution in [0.4, 0.5) is 5.69 Å². The van der Waals surface area contributed by atoms with E-state index in [9.17, 15) is 14.4 Å². The molecule has 2 aromatic rings. The number of thioether (sulfide) groups is 1. The molecule has 0 aromatic heterocycles. The van der Waals surface area contributed by atoms with E-state index in [4.69, 9.17) is 9.47 Å². The van der Waals surface area contributed by atoms with Crippen molar-refractivity contribution in [3.05, 3.63) is 59.2 Å². The van der Waals surface area contributed by atoms with Crippen molar-refractivity contribution < 1.29 is 23.9 Å². The van der Waals surface area contributed by atoms with Crippen LogP contribution in [0, 0.1) is 13.8 Å². The van der Waals surface area contributed by atoms with Gasteiger partial charge < -0.3 is 14.8 Å². The van der Waals surface area contributed by atoms with Gasteiger partial charge in [0.1, 0.15) is 0 Å². The SMILES string of the molecule is CCOC(=O)c1ccccc1NC(=O)COC(=O)CSc1ccc(C)cc1C. The molecule has 2 rings (SSSR count). The van der Waals surface area contributed by atoms with Gasteiger partial charge in [-0.05, 0) is 44.5 Å². The Hall–Kier alpha value is -2.80. The summed E-state index contributed by atoms with van der Waals surface area (Å²) in [6, 6.07) is 12.5. The molecule has 0 spiro atoms. The normalized spacial score (nSPS) is 10.2. The zero-order valence-corrected chi connectivity index (χ0v) is 16.9. The Balaban J connectivity index is 1.84. The maximum absolute atomic E-state index is 12.1. The molecule has 0 saturated heterocycles. The Morgan fingerprint density at radius 1 is 1.04 bits per heavy atom. The third kappa shape index (κ3) is 6.42. The van der Waals surface area contributed by atoms with Gasteiger partial charge in [0.25, 0.3) is 5.91 Å². The van der Waals surface area contributed by atoms with Crippen molar-refractivity contribution in [2.24, 2.45) is 0 Å². The summed E-state index contributed by atoms with van der Waals surface area (Å²) >= 11 is 1.36. The number of rotatable bonds is 8. The number of carbonyl (C=O) groups is 3. The van der Waals surface area contributed by atoms with Crippen LogP contribution < -0.4 is 5.32 Å². The number of anilines is 1. The second-order valence-electron chi connectivity index (χ2n) is 6.03. The zero-order chi connectivity index (χ0) is 20.5. The molecule has 6 nitrogen and oxygen atoms in total. The summed E-state index contributed by atoms with van der Waals surface area (Å²) in [6.07, 6.45) is 0. The number of esters is 2. The first kappa shape index (κ1) is 21.5. The minimum Gasteiger partial charge on any atom is -0.462 e. The highest BCUT2D eigenvalue weighted by Crippen LogP contribution is 2.23. The van der Waals surface area contributed by atoms with E-state index in [0.717, 1.165) is 16.0 Å². The van der Waals surface area contributed by atoms with Crippen LogP contribution in [0.25, 0.3) is 0 Å². The Morgan fingerprint density at radius 2 is 1.79 bits per heavy atom. The van der Waals surface area contributed by atoms with Gasteiger partial charge in [-0.25, -0.2) is 4.79 Å². The molecule has 28 heavy (non-hydrogen) atoms. The highest BCUT2D eigenvalue weighted by molar-refractivity contribution is 8.00. The number of para-hydroxylation sites is 1. The first-order valence-corrected chi connectivity index (χ1v) is 9.81. The standard InChI is InChI=1S/C21H23NO5S/c1-4-26-21(25)16-7-5-6-8-17(16)22-19(23)12-27-20(24)13-28-18-10-9-14(2)11-15(18)3/h5-11H,4,12-13H2,1-3H3,(H,22,23). The van der Waals surface area contributed by atoms with Gasteiger partial charge in [-0.1, -0.05) is 29.8 Å². The molecule has 0 fully saturated rings. The van der Waals surface area contributed by atoms with Gasteiger partial charge in [0.2, 0.25) is 0 Å². The van der Waals surface area contributed by atoms with Crippen LogP contribution in [0.15, 0.2) is 47.4 Å². The van der Waals surface area contributed by atoms with Gasteiger partial charge in [0.05, 0.1) is 23.6 Å². The monoisotopic (exact) mass is 401 g/mol. The molecule has 1 N–H and O–H groups in total. The van der Waals surface area contributed by atoms with Crippen molar-refractivity contribution in [2.45, 2.75) is 25.7 Å². The summed E-state index contributed by atoms with van der Waals surface area (Å²) in [7, 11) is 0. The fraction of sp³-hybridized carbons (Fsp3) is 0.286. The first-order chi connectivity index (χ1) is 13.4. The van der Waals surface area contributed by atoms with Crippen LogP contribution in [0.5, 0.6) is 0 Å². The van der Waals surface area contributed by atoms with E-state index in [1.54, 1.807) is 31.2 Å². The van der Waals surface area contributed by atoms with Crippen molar-refractivity contribution in [3.63, 3.8) is 0 Å². The number of hydrogen-bond acceptors (Lipinski definition) is 6. The van der Waals surface area contributed by atoms with Gasteiger partial charge in [-0.3, -0.25) is 9.59 Å². The smallest absolute Gasteiger partial charge is 0.340 e. The molecule has 1 amide bonds. The molecule has 0 aliphatic heterocycles. The maximum Gasteiger partial charge on any atom is 0.340 e. The molecule has 0 bridgehead atoms. The van der Waals surface area contributed by atoms with E-state index in [0.29, 0.717) is 5.69 Å². The molecular formula is C21H23NO5S. The van der Waals surface area contributed by atoms with Gasteiger partial charge in [0.15, 0.2) is 6.61 Å². The second kappa shape index (κ2) is 10.5. The van der Waals surface area contributed by atoms with Crippen molar-refractivity contribution in [1.29, 1.82) is 0 Å². The lowest BCUT2D eigenvalue weighted by Crippen LogP contribution is -2.23. The lowest BCUT2D eigenvalue weighted by atomic mass is 10.2. The summed E-state index contributed by atoms with van der Waals surface area (Å²) in [5.41, 5.74) is 2.80. The molecule has 7 heteroatoms. The zero-order valence-electron chi connectivity index (χ0n) is 16.1. The van der Waals surface area contributed by atoms with E-state index in [1.807, 2.05) is 32.0 Å². The fourth-order valence-corrected chi connectivity index (χ4v) is 3.26. The van der Waals surface area contributed by atoms with Gasteiger partial charge in [0, 0.05) is 4.90 Å². The van der Waals surface area contributed by atoms with Crippen molar-refractivity contribution in [1.82, 2.24) is 0 Å². The van der Waals surface area contributed by atoms with Crippen molar-refractivity contribution >= 4 is 35.3 Å². The lowest BCUT2D eigenvalue weighted by Gasteiger charge is -2.11. The lowest BCUT2D eigenvalue weighted by molar-refractivity contribution is -0.144. The molecule has 148 valence electrons. The minimum atomic E-state index is -0.528. The summed E-state index contributed by atoms with van der Waals surface area (Å²) in [6.45, 7) is 5.50. The summed E-state index contributed by atoms with van der Waals surface area (Å²) in [4.78, 5) is 36.9. The third-order valence-electron chi connectivity index (χ3n) is 3.74. The average molecular weight is 401 g/mol. The van der Waals surface area contributed by atoms with Crippen molar-refractivity contribution in [3.8, 4) is 0 Å². The number of carbonyl (C=O) groups excluding carboxylic acids is 3. The number of nitrogens with one attached hydrogen (secondary N) is 1. The first-order valence-electron chi connectivity index (χ1n) is 8.82. The number of amides is 1. The van der Waals surface area contributed by atoms with E-state index in [2.05, 4.69) is 5.32 Å². The number of ether oxygens (including phenoxy) is 2. The van der Waals surface area contributed by atoms with E-state index >= 15 is 0 Å². The molecule has 0 heterocycles. The molecule has 0 atom stereocenters. The molecule has 0 aliphatic rings. The Labute approximate surface area is 168 Å². The molecule has 0 saturated carbocycles. The number of benzene rings is 2.